The second-order valence-corrected chi connectivity index (χ2v) is 4.08. The van der Waals surface area contributed by atoms with E-state index in [-0.39, 0.29) is 11.8 Å². The first kappa shape index (κ1) is 13.0. The van der Waals surface area contributed by atoms with Gasteiger partial charge in [0.25, 0.3) is 0 Å². The summed E-state index contributed by atoms with van der Waals surface area (Å²) in [7, 11) is 1.37. The van der Waals surface area contributed by atoms with Gasteiger partial charge in [0.05, 0.1) is 7.11 Å². The third-order valence-electron chi connectivity index (χ3n) is 2.03. The standard InChI is InChI=1S/C11H13BrFNO2/c1-16-11(15)3-2-6-14-10-5-4-8(13)7-9(10)12/h4-5,7,14H,2-3,6H2,1H3. The normalized spacial score (nSPS) is 9.94. The fraction of sp³-hybridized carbons (Fsp3) is 0.364. The maximum absolute atomic E-state index is 12.8. The number of nitrogens with one attached hydrogen (secondary N) is 1. The fourth-order valence-electron chi connectivity index (χ4n) is 1.19. The molecule has 1 N–H and O–H groups in total. The number of halogens is 2. The van der Waals surface area contributed by atoms with E-state index in [1.165, 1.54) is 19.2 Å². The Labute approximate surface area is 102 Å². The summed E-state index contributed by atoms with van der Waals surface area (Å²) in [6.07, 6.45) is 1.05. The Morgan fingerprint density at radius 3 is 2.94 bits per heavy atom. The van der Waals surface area contributed by atoms with Crippen LogP contribution in [0.3, 0.4) is 0 Å². The summed E-state index contributed by atoms with van der Waals surface area (Å²) in [6.45, 7) is 0.638. The van der Waals surface area contributed by atoms with Gasteiger partial charge in [0, 0.05) is 23.1 Å². The lowest BCUT2D eigenvalue weighted by molar-refractivity contribution is -0.140. The lowest BCUT2D eigenvalue weighted by Crippen LogP contribution is -2.06. The van der Waals surface area contributed by atoms with E-state index in [9.17, 15) is 9.18 Å². The topological polar surface area (TPSA) is 38.3 Å². The van der Waals surface area contributed by atoms with Crippen molar-refractivity contribution in [1.29, 1.82) is 0 Å². The van der Waals surface area contributed by atoms with Gasteiger partial charge in [-0.25, -0.2) is 4.39 Å². The molecule has 0 spiro atoms. The van der Waals surface area contributed by atoms with Crippen LogP contribution >= 0.6 is 15.9 Å². The molecule has 0 heterocycles. The number of esters is 1. The van der Waals surface area contributed by atoms with Crippen molar-refractivity contribution in [3.05, 3.63) is 28.5 Å². The van der Waals surface area contributed by atoms with Crippen LogP contribution in [0.25, 0.3) is 0 Å². The summed E-state index contributed by atoms with van der Waals surface area (Å²) in [6, 6.07) is 4.42. The third-order valence-corrected chi connectivity index (χ3v) is 2.69. The largest absolute Gasteiger partial charge is 0.469 e. The lowest BCUT2D eigenvalue weighted by atomic mass is 10.3. The minimum atomic E-state index is -0.285. The Hall–Kier alpha value is -1.10. The highest BCUT2D eigenvalue weighted by Gasteiger charge is 2.02. The van der Waals surface area contributed by atoms with Crippen molar-refractivity contribution in [2.24, 2.45) is 0 Å². The fourth-order valence-corrected chi connectivity index (χ4v) is 1.68. The molecule has 1 aromatic rings. The number of hydrogen-bond acceptors (Lipinski definition) is 3. The van der Waals surface area contributed by atoms with Gasteiger partial charge in [0.1, 0.15) is 5.82 Å². The van der Waals surface area contributed by atoms with Gasteiger partial charge in [-0.15, -0.1) is 0 Å². The number of benzene rings is 1. The van der Waals surface area contributed by atoms with E-state index in [4.69, 9.17) is 0 Å². The highest BCUT2D eigenvalue weighted by molar-refractivity contribution is 9.10. The van der Waals surface area contributed by atoms with E-state index in [0.29, 0.717) is 23.9 Å². The molecule has 1 rings (SSSR count). The Morgan fingerprint density at radius 1 is 1.56 bits per heavy atom. The van der Waals surface area contributed by atoms with Crippen LogP contribution < -0.4 is 5.32 Å². The Balaban J connectivity index is 2.35. The van der Waals surface area contributed by atoms with Crippen molar-refractivity contribution in [2.75, 3.05) is 19.0 Å². The SMILES string of the molecule is COC(=O)CCCNc1ccc(F)cc1Br. The molecule has 88 valence electrons. The van der Waals surface area contributed by atoms with Crippen LogP contribution in [0.5, 0.6) is 0 Å². The second-order valence-electron chi connectivity index (χ2n) is 3.23. The van der Waals surface area contributed by atoms with Gasteiger partial charge in [-0.3, -0.25) is 4.79 Å². The van der Waals surface area contributed by atoms with Gasteiger partial charge in [0.2, 0.25) is 0 Å². The number of rotatable bonds is 5. The molecule has 3 nitrogen and oxygen atoms in total. The minimum Gasteiger partial charge on any atom is -0.469 e. The maximum atomic E-state index is 12.8. The van der Waals surface area contributed by atoms with Crippen molar-refractivity contribution in [3.63, 3.8) is 0 Å². The summed E-state index contributed by atoms with van der Waals surface area (Å²) in [5.74, 6) is -0.507. The molecule has 5 heteroatoms. The molecule has 0 bridgehead atoms. The molecule has 0 aromatic heterocycles. The molecular formula is C11H13BrFNO2. The summed E-state index contributed by atoms with van der Waals surface area (Å²) in [4.78, 5) is 10.8. The van der Waals surface area contributed by atoms with Crippen molar-refractivity contribution in [2.45, 2.75) is 12.8 Å². The highest BCUT2D eigenvalue weighted by Crippen LogP contribution is 2.22. The first-order chi connectivity index (χ1) is 7.63. The van der Waals surface area contributed by atoms with Gasteiger partial charge in [-0.05, 0) is 40.5 Å². The maximum Gasteiger partial charge on any atom is 0.305 e. The second kappa shape index (κ2) is 6.48. The van der Waals surface area contributed by atoms with Crippen molar-refractivity contribution >= 4 is 27.6 Å². The Kier molecular flexibility index (Phi) is 5.25. The van der Waals surface area contributed by atoms with Crippen LogP contribution in [0.4, 0.5) is 10.1 Å². The predicted molar refractivity (Wildman–Crippen MR) is 63.8 cm³/mol. The smallest absolute Gasteiger partial charge is 0.305 e. The van der Waals surface area contributed by atoms with Crippen LogP contribution in [0.2, 0.25) is 0 Å². The van der Waals surface area contributed by atoms with E-state index < -0.39 is 0 Å². The number of hydrogen-bond donors (Lipinski definition) is 1. The van der Waals surface area contributed by atoms with Crippen LogP contribution in [-0.4, -0.2) is 19.6 Å². The molecule has 0 aliphatic rings. The van der Waals surface area contributed by atoms with E-state index in [2.05, 4.69) is 26.0 Å². The average molecular weight is 290 g/mol. The van der Waals surface area contributed by atoms with Gasteiger partial charge in [0.15, 0.2) is 0 Å². The van der Waals surface area contributed by atoms with E-state index in [0.717, 1.165) is 5.69 Å². The number of carbonyl (C=O) groups excluding carboxylic acids is 1. The quantitative estimate of drug-likeness (QED) is 0.669. The lowest BCUT2D eigenvalue weighted by Gasteiger charge is -2.07. The van der Waals surface area contributed by atoms with Crippen LogP contribution in [0.15, 0.2) is 22.7 Å². The predicted octanol–water partition coefficient (Wildman–Crippen LogP) is 2.95. The number of ether oxygens (including phenoxy) is 1. The zero-order chi connectivity index (χ0) is 12.0. The Bertz CT molecular complexity index is 371. The third kappa shape index (κ3) is 4.18. The van der Waals surface area contributed by atoms with Crippen LogP contribution in [-0.2, 0) is 9.53 Å². The first-order valence-electron chi connectivity index (χ1n) is 4.89. The van der Waals surface area contributed by atoms with Gasteiger partial charge < -0.3 is 10.1 Å². The summed E-state index contributed by atoms with van der Waals surface area (Å²) in [5.41, 5.74) is 0.811. The molecule has 0 radical (unpaired) electrons. The van der Waals surface area contributed by atoms with E-state index in [1.54, 1.807) is 6.07 Å². The zero-order valence-electron chi connectivity index (χ0n) is 8.93. The van der Waals surface area contributed by atoms with Gasteiger partial charge in [-0.1, -0.05) is 0 Å². The molecule has 0 saturated carbocycles. The van der Waals surface area contributed by atoms with Gasteiger partial charge >= 0.3 is 5.97 Å². The number of anilines is 1. The summed E-state index contributed by atoms with van der Waals surface area (Å²) in [5, 5.41) is 3.10. The summed E-state index contributed by atoms with van der Waals surface area (Å²) >= 11 is 3.25. The first-order valence-corrected chi connectivity index (χ1v) is 5.68. The molecule has 0 atom stereocenters. The van der Waals surface area contributed by atoms with Crippen molar-refractivity contribution in [3.8, 4) is 0 Å². The molecule has 0 unspecified atom stereocenters. The molecule has 0 aliphatic carbocycles. The van der Waals surface area contributed by atoms with Gasteiger partial charge in [-0.2, -0.15) is 0 Å². The van der Waals surface area contributed by atoms with E-state index >= 15 is 0 Å². The minimum absolute atomic E-state index is 0.222. The highest BCUT2D eigenvalue weighted by atomic mass is 79.9. The monoisotopic (exact) mass is 289 g/mol. The molecule has 0 fully saturated rings. The van der Waals surface area contributed by atoms with E-state index in [1.807, 2.05) is 0 Å². The van der Waals surface area contributed by atoms with Crippen molar-refractivity contribution in [1.82, 2.24) is 0 Å². The molecule has 1 aromatic carbocycles. The number of methoxy groups -OCH3 is 1. The molecule has 16 heavy (non-hydrogen) atoms. The molecule has 0 amide bonds. The van der Waals surface area contributed by atoms with Crippen LogP contribution in [0.1, 0.15) is 12.8 Å². The molecular weight excluding hydrogens is 277 g/mol. The van der Waals surface area contributed by atoms with Crippen LogP contribution in [0, 0.1) is 5.82 Å². The van der Waals surface area contributed by atoms with Crippen molar-refractivity contribution < 1.29 is 13.9 Å². The molecule has 0 aliphatic heterocycles. The number of carbonyl (C=O) groups is 1. The molecule has 0 saturated heterocycles. The zero-order valence-corrected chi connectivity index (χ0v) is 10.5. The summed E-state index contributed by atoms with van der Waals surface area (Å²) < 4.78 is 18.0. The Morgan fingerprint density at radius 2 is 2.31 bits per heavy atom. The average Bonchev–Trinajstić information content (AvgIpc) is 2.26.